The number of primary amides is 1. The van der Waals surface area contributed by atoms with Crippen molar-refractivity contribution in [3.63, 3.8) is 0 Å². The van der Waals surface area contributed by atoms with E-state index in [1.54, 1.807) is 0 Å². The van der Waals surface area contributed by atoms with Crippen LogP contribution in [0.15, 0.2) is 0 Å². The minimum atomic E-state index is -1.55. The van der Waals surface area contributed by atoms with Gasteiger partial charge in [-0.05, 0) is 45.1 Å². The van der Waals surface area contributed by atoms with Gasteiger partial charge in [0.25, 0.3) is 0 Å². The number of amides is 4. The van der Waals surface area contributed by atoms with Crippen molar-refractivity contribution in [3.8, 4) is 0 Å². The molecule has 0 bridgehead atoms. The maximum Gasteiger partial charge on any atom is 0.326 e. The number of carbonyl (C=O) groups is 6. The molecule has 1 rings (SSSR count). The molecule has 0 spiro atoms. The van der Waals surface area contributed by atoms with Gasteiger partial charge in [0.05, 0.1) is 12.5 Å². The number of rotatable bonds is 15. The number of carbonyl (C=O) groups excluding carboxylic acids is 4. The van der Waals surface area contributed by atoms with Gasteiger partial charge in [0.2, 0.25) is 23.6 Å². The summed E-state index contributed by atoms with van der Waals surface area (Å²) >= 11 is 0. The normalized spacial score (nSPS) is 17.9. The molecule has 1 aliphatic heterocycles. The van der Waals surface area contributed by atoms with Gasteiger partial charge in [-0.3, -0.25) is 24.0 Å². The number of hydrogen-bond acceptors (Lipinski definition) is 8. The zero-order valence-corrected chi connectivity index (χ0v) is 18.9. The first-order chi connectivity index (χ1) is 16.0. The second-order valence-electron chi connectivity index (χ2n) is 8.14. The lowest BCUT2D eigenvalue weighted by atomic mass is 10.1. The molecule has 34 heavy (non-hydrogen) atoms. The summed E-state index contributed by atoms with van der Waals surface area (Å²) in [5.74, 6) is -5.60. The first-order valence-electron chi connectivity index (χ1n) is 11.1. The molecule has 1 fully saturated rings. The number of likely N-dealkylation sites (tertiary alicyclic amines) is 1. The van der Waals surface area contributed by atoms with Gasteiger partial charge in [-0.25, -0.2) is 4.79 Å². The first-order valence-corrected chi connectivity index (χ1v) is 11.1. The van der Waals surface area contributed by atoms with Crippen LogP contribution < -0.4 is 27.8 Å². The molecule has 192 valence electrons. The summed E-state index contributed by atoms with van der Waals surface area (Å²) < 4.78 is 0. The van der Waals surface area contributed by atoms with Crippen LogP contribution in [0, 0.1) is 0 Å². The van der Waals surface area contributed by atoms with Gasteiger partial charge in [-0.15, -0.1) is 0 Å². The summed E-state index contributed by atoms with van der Waals surface area (Å²) in [6.07, 6.45) is 0.910. The van der Waals surface area contributed by atoms with Gasteiger partial charge >= 0.3 is 11.9 Å². The number of unbranched alkanes of at least 4 members (excludes halogenated alkanes) is 1. The molecule has 1 heterocycles. The number of hydrogen-bond donors (Lipinski definition) is 7. The van der Waals surface area contributed by atoms with Gasteiger partial charge in [0.1, 0.15) is 18.1 Å². The lowest BCUT2D eigenvalue weighted by Crippen LogP contribution is -2.57. The lowest BCUT2D eigenvalue weighted by Gasteiger charge is -2.28. The van der Waals surface area contributed by atoms with Crippen LogP contribution >= 0.6 is 0 Å². The van der Waals surface area contributed by atoms with Gasteiger partial charge in [-0.2, -0.15) is 0 Å². The van der Waals surface area contributed by atoms with Gasteiger partial charge in [0, 0.05) is 13.0 Å². The average Bonchev–Trinajstić information content (AvgIpc) is 3.25. The summed E-state index contributed by atoms with van der Waals surface area (Å²) in [6.45, 7) is 0.569. The van der Waals surface area contributed by atoms with E-state index < -0.39 is 66.2 Å². The Morgan fingerprint density at radius 1 is 1.00 bits per heavy atom. The number of carboxylic acid groups (broad SMARTS) is 2. The predicted octanol–water partition coefficient (Wildman–Crippen LogP) is -2.77. The van der Waals surface area contributed by atoms with Crippen LogP contribution in [0.4, 0.5) is 0 Å². The first kappa shape index (κ1) is 28.8. The molecule has 0 saturated carbocycles. The van der Waals surface area contributed by atoms with E-state index in [4.69, 9.17) is 22.3 Å². The second kappa shape index (κ2) is 14.1. The predicted molar refractivity (Wildman–Crippen MR) is 118 cm³/mol. The molecular weight excluding hydrogens is 452 g/mol. The number of aliphatic carboxylic acids is 2. The summed E-state index contributed by atoms with van der Waals surface area (Å²) in [6, 6.07) is -4.87. The third-order valence-electron chi connectivity index (χ3n) is 5.43. The van der Waals surface area contributed by atoms with Crippen LogP contribution in [-0.4, -0.2) is 87.9 Å². The largest absolute Gasteiger partial charge is 0.481 e. The average molecular weight is 487 g/mol. The lowest BCUT2D eigenvalue weighted by molar-refractivity contribution is -0.145. The fourth-order valence-electron chi connectivity index (χ4n) is 3.61. The van der Waals surface area contributed by atoms with E-state index in [0.717, 1.165) is 0 Å². The molecule has 4 atom stereocenters. The maximum absolute atomic E-state index is 12.9. The van der Waals surface area contributed by atoms with Crippen molar-refractivity contribution in [2.75, 3.05) is 13.1 Å². The Morgan fingerprint density at radius 3 is 2.24 bits per heavy atom. The summed E-state index contributed by atoms with van der Waals surface area (Å²) in [5.41, 5.74) is 16.3. The molecule has 10 N–H and O–H groups in total. The van der Waals surface area contributed by atoms with Gasteiger partial charge in [-0.1, -0.05) is 0 Å². The molecule has 0 radical (unpaired) electrons. The standard InChI is InChI=1S/C20H34N6O8/c21-8-2-1-4-12(20(33)34)24-17(30)13(10-16(28)29)25-18(31)14-5-3-9-26(14)19(32)11(22)6-7-15(23)27/h11-14H,1-10,21-22H2,(H2,23,27)(H,24,30)(H,25,31)(H,28,29)(H,33,34). The van der Waals surface area contributed by atoms with E-state index in [9.17, 15) is 33.9 Å². The van der Waals surface area contributed by atoms with E-state index in [1.807, 2.05) is 0 Å². The molecule has 4 amide bonds. The Kier molecular flexibility index (Phi) is 11.9. The molecule has 0 aromatic rings. The molecular formula is C20H34N6O8. The van der Waals surface area contributed by atoms with Crippen LogP contribution in [0.2, 0.25) is 0 Å². The Hall–Kier alpha value is -3.26. The van der Waals surface area contributed by atoms with Crippen LogP contribution in [0.5, 0.6) is 0 Å². The smallest absolute Gasteiger partial charge is 0.326 e. The second-order valence-corrected chi connectivity index (χ2v) is 8.14. The van der Waals surface area contributed by atoms with Crippen LogP contribution in [0.25, 0.3) is 0 Å². The number of nitrogens with two attached hydrogens (primary N) is 3. The third kappa shape index (κ3) is 9.31. The quantitative estimate of drug-likeness (QED) is 0.117. The van der Waals surface area contributed by atoms with Crippen LogP contribution in [-0.2, 0) is 28.8 Å². The van der Waals surface area contributed by atoms with E-state index in [1.165, 1.54) is 4.90 Å². The van der Waals surface area contributed by atoms with E-state index >= 15 is 0 Å². The fourth-order valence-corrected chi connectivity index (χ4v) is 3.61. The van der Waals surface area contributed by atoms with Gasteiger partial charge < -0.3 is 42.9 Å². The Labute approximate surface area is 196 Å². The number of carboxylic acids is 2. The highest BCUT2D eigenvalue weighted by molar-refractivity contribution is 5.95. The van der Waals surface area contributed by atoms with Crippen molar-refractivity contribution in [1.29, 1.82) is 0 Å². The Balaban J connectivity index is 2.87. The number of nitrogens with zero attached hydrogens (tertiary/aromatic N) is 1. The Morgan fingerprint density at radius 2 is 1.68 bits per heavy atom. The molecule has 0 aliphatic carbocycles. The van der Waals surface area contributed by atoms with Gasteiger partial charge in [0.15, 0.2) is 0 Å². The molecule has 14 nitrogen and oxygen atoms in total. The van der Waals surface area contributed by atoms with Crippen molar-refractivity contribution in [3.05, 3.63) is 0 Å². The summed E-state index contributed by atoms with van der Waals surface area (Å²) in [5, 5.41) is 23.1. The Bertz CT molecular complexity index is 776. The van der Waals surface area contributed by atoms with E-state index in [2.05, 4.69) is 10.6 Å². The minimum absolute atomic E-state index is 0.00375. The molecule has 4 unspecified atom stereocenters. The maximum atomic E-state index is 12.9. The third-order valence-corrected chi connectivity index (χ3v) is 5.43. The monoisotopic (exact) mass is 486 g/mol. The van der Waals surface area contributed by atoms with Crippen LogP contribution in [0.3, 0.4) is 0 Å². The fraction of sp³-hybridized carbons (Fsp3) is 0.700. The highest BCUT2D eigenvalue weighted by Gasteiger charge is 2.38. The summed E-state index contributed by atoms with van der Waals surface area (Å²) in [7, 11) is 0. The van der Waals surface area contributed by atoms with Crippen molar-refractivity contribution >= 4 is 35.6 Å². The van der Waals surface area contributed by atoms with Crippen molar-refractivity contribution < 1.29 is 39.0 Å². The molecule has 1 saturated heterocycles. The molecule has 0 aromatic carbocycles. The van der Waals surface area contributed by atoms with E-state index in [-0.39, 0.29) is 32.2 Å². The van der Waals surface area contributed by atoms with Crippen molar-refractivity contribution in [2.24, 2.45) is 17.2 Å². The molecule has 0 aromatic heterocycles. The minimum Gasteiger partial charge on any atom is -0.481 e. The van der Waals surface area contributed by atoms with Crippen LogP contribution in [0.1, 0.15) is 51.4 Å². The number of nitrogens with one attached hydrogen (secondary N) is 2. The zero-order valence-electron chi connectivity index (χ0n) is 18.9. The van der Waals surface area contributed by atoms with Crippen molar-refractivity contribution in [2.45, 2.75) is 75.5 Å². The zero-order chi connectivity index (χ0) is 25.8. The highest BCUT2D eigenvalue weighted by atomic mass is 16.4. The SMILES string of the molecule is NCCCCC(NC(=O)C(CC(=O)O)NC(=O)C1CCCN1C(=O)C(N)CCC(N)=O)C(=O)O. The molecule has 14 heteroatoms. The molecule has 1 aliphatic rings. The highest BCUT2D eigenvalue weighted by Crippen LogP contribution is 2.19. The summed E-state index contributed by atoms with van der Waals surface area (Å²) in [4.78, 5) is 73.0. The topological polar surface area (TPSA) is 248 Å². The van der Waals surface area contributed by atoms with E-state index in [0.29, 0.717) is 25.8 Å². The van der Waals surface area contributed by atoms with Crippen molar-refractivity contribution in [1.82, 2.24) is 15.5 Å².